The second kappa shape index (κ2) is 5.50. The molecule has 1 unspecified atom stereocenters. The molecular formula is C11H17F3N4O. The number of nitrogens with two attached hydrogens (primary N) is 1. The first-order chi connectivity index (χ1) is 8.72. The Bertz CT molecular complexity index is 479. The first-order valence-electron chi connectivity index (χ1n) is 5.79. The van der Waals surface area contributed by atoms with Gasteiger partial charge in [0.2, 0.25) is 0 Å². The van der Waals surface area contributed by atoms with Crippen LogP contribution in [0.15, 0.2) is 5.16 Å². The minimum Gasteiger partial charge on any atom is -0.409 e. The van der Waals surface area contributed by atoms with Gasteiger partial charge in [0.05, 0.1) is 12.2 Å². The Morgan fingerprint density at radius 1 is 1.47 bits per heavy atom. The lowest BCUT2D eigenvalue weighted by Crippen LogP contribution is -2.39. The SMILES string of the molecule is CCc1c(C)nn(CC(C(N)=NO)C(F)(F)F)c1C. The maximum Gasteiger partial charge on any atom is 0.400 e. The summed E-state index contributed by atoms with van der Waals surface area (Å²) in [6.07, 6.45) is -3.90. The molecule has 3 N–H and O–H groups in total. The van der Waals surface area contributed by atoms with Crippen LogP contribution >= 0.6 is 0 Å². The van der Waals surface area contributed by atoms with Crippen molar-refractivity contribution in [3.05, 3.63) is 17.0 Å². The van der Waals surface area contributed by atoms with Crippen LogP contribution in [0.2, 0.25) is 0 Å². The molecule has 0 aliphatic heterocycles. The normalized spacial score (nSPS) is 14.7. The second-order valence-electron chi connectivity index (χ2n) is 4.30. The van der Waals surface area contributed by atoms with Crippen LogP contribution in [0.1, 0.15) is 23.9 Å². The third-order valence-corrected chi connectivity index (χ3v) is 3.11. The van der Waals surface area contributed by atoms with E-state index < -0.39 is 24.5 Å². The Kier molecular flexibility index (Phi) is 4.43. The molecule has 5 nitrogen and oxygen atoms in total. The van der Waals surface area contributed by atoms with Gasteiger partial charge in [-0.1, -0.05) is 12.1 Å². The summed E-state index contributed by atoms with van der Waals surface area (Å²) >= 11 is 0. The minimum atomic E-state index is -4.59. The van der Waals surface area contributed by atoms with Crippen molar-refractivity contribution in [2.45, 2.75) is 39.9 Å². The van der Waals surface area contributed by atoms with E-state index in [1.165, 1.54) is 4.68 Å². The minimum absolute atomic E-state index is 0.494. The maximum absolute atomic E-state index is 12.9. The van der Waals surface area contributed by atoms with Crippen molar-refractivity contribution in [3.8, 4) is 0 Å². The summed E-state index contributed by atoms with van der Waals surface area (Å²) in [6, 6.07) is 0. The van der Waals surface area contributed by atoms with E-state index in [-0.39, 0.29) is 0 Å². The summed E-state index contributed by atoms with van der Waals surface area (Å²) in [6.45, 7) is 4.87. The standard InChI is InChI=1S/C11H17F3N4O/c1-4-8-6(2)16-18(7(8)3)5-9(10(15)17-19)11(12,13)14/h9,19H,4-5H2,1-3H3,(H2,15,17). The fourth-order valence-electron chi connectivity index (χ4n) is 2.03. The predicted octanol–water partition coefficient (Wildman–Crippen LogP) is 1.99. The van der Waals surface area contributed by atoms with Crippen LogP contribution in [0.5, 0.6) is 0 Å². The van der Waals surface area contributed by atoms with Gasteiger partial charge in [0, 0.05) is 5.69 Å². The Labute approximate surface area is 108 Å². The van der Waals surface area contributed by atoms with Crippen LogP contribution < -0.4 is 5.73 Å². The van der Waals surface area contributed by atoms with Crippen molar-refractivity contribution in [1.82, 2.24) is 9.78 Å². The fourth-order valence-corrected chi connectivity index (χ4v) is 2.03. The topological polar surface area (TPSA) is 76.4 Å². The van der Waals surface area contributed by atoms with Crippen LogP contribution in [0.4, 0.5) is 13.2 Å². The fraction of sp³-hybridized carbons (Fsp3) is 0.636. The molecule has 1 heterocycles. The number of halogens is 3. The van der Waals surface area contributed by atoms with E-state index in [0.29, 0.717) is 17.8 Å². The van der Waals surface area contributed by atoms with Gasteiger partial charge in [0.25, 0.3) is 0 Å². The van der Waals surface area contributed by atoms with Crippen molar-refractivity contribution in [3.63, 3.8) is 0 Å². The van der Waals surface area contributed by atoms with Crippen LogP contribution in [0, 0.1) is 19.8 Å². The smallest absolute Gasteiger partial charge is 0.400 e. The molecule has 0 aliphatic rings. The summed E-state index contributed by atoms with van der Waals surface area (Å²) in [5.41, 5.74) is 7.40. The van der Waals surface area contributed by atoms with E-state index in [2.05, 4.69) is 10.3 Å². The van der Waals surface area contributed by atoms with Crippen molar-refractivity contribution in [2.24, 2.45) is 16.8 Å². The van der Waals surface area contributed by atoms with Crippen molar-refractivity contribution < 1.29 is 18.4 Å². The van der Waals surface area contributed by atoms with E-state index in [1.807, 2.05) is 6.92 Å². The molecule has 0 fully saturated rings. The van der Waals surface area contributed by atoms with E-state index in [9.17, 15) is 13.2 Å². The first-order valence-corrected chi connectivity index (χ1v) is 5.79. The molecule has 0 spiro atoms. The van der Waals surface area contributed by atoms with Gasteiger partial charge >= 0.3 is 6.18 Å². The molecule has 0 bridgehead atoms. The number of amidine groups is 1. The van der Waals surface area contributed by atoms with E-state index in [1.54, 1.807) is 13.8 Å². The van der Waals surface area contributed by atoms with Gasteiger partial charge in [-0.15, -0.1) is 0 Å². The average Bonchev–Trinajstić information content (AvgIpc) is 2.58. The Balaban J connectivity index is 3.11. The van der Waals surface area contributed by atoms with Gasteiger partial charge in [-0.05, 0) is 25.8 Å². The Hall–Kier alpha value is -1.73. The number of hydrogen-bond donors (Lipinski definition) is 2. The van der Waals surface area contributed by atoms with Crippen molar-refractivity contribution in [2.75, 3.05) is 0 Å². The number of nitrogens with zero attached hydrogens (tertiary/aromatic N) is 3. The lowest BCUT2D eigenvalue weighted by atomic mass is 10.1. The average molecular weight is 278 g/mol. The molecule has 0 amide bonds. The third-order valence-electron chi connectivity index (χ3n) is 3.11. The molecule has 8 heteroatoms. The molecule has 1 rings (SSSR count). The zero-order chi connectivity index (χ0) is 14.8. The third kappa shape index (κ3) is 3.18. The van der Waals surface area contributed by atoms with Crippen LogP contribution in [0.25, 0.3) is 0 Å². The molecule has 1 atom stereocenters. The van der Waals surface area contributed by atoms with Gasteiger partial charge in [-0.25, -0.2) is 0 Å². The highest BCUT2D eigenvalue weighted by Gasteiger charge is 2.43. The van der Waals surface area contributed by atoms with Crippen molar-refractivity contribution in [1.29, 1.82) is 0 Å². The largest absolute Gasteiger partial charge is 0.409 e. The highest BCUT2D eigenvalue weighted by Crippen LogP contribution is 2.28. The van der Waals surface area contributed by atoms with Gasteiger partial charge < -0.3 is 10.9 Å². The highest BCUT2D eigenvalue weighted by molar-refractivity contribution is 5.82. The molecule has 19 heavy (non-hydrogen) atoms. The molecule has 0 aliphatic carbocycles. The zero-order valence-electron chi connectivity index (χ0n) is 11.0. The number of oxime groups is 1. The molecule has 0 aromatic carbocycles. The first kappa shape index (κ1) is 15.3. The zero-order valence-corrected chi connectivity index (χ0v) is 11.0. The Morgan fingerprint density at radius 2 is 2.05 bits per heavy atom. The van der Waals surface area contributed by atoms with Crippen LogP contribution in [-0.4, -0.2) is 27.0 Å². The number of alkyl halides is 3. The molecular weight excluding hydrogens is 261 g/mol. The van der Waals surface area contributed by atoms with Crippen molar-refractivity contribution >= 4 is 5.84 Å². The monoisotopic (exact) mass is 278 g/mol. The summed E-state index contributed by atoms with van der Waals surface area (Å²) in [5, 5.41) is 15.0. The predicted molar refractivity (Wildman–Crippen MR) is 64.0 cm³/mol. The molecule has 0 saturated heterocycles. The van der Waals surface area contributed by atoms with E-state index in [4.69, 9.17) is 10.9 Å². The second-order valence-corrected chi connectivity index (χ2v) is 4.30. The molecule has 0 radical (unpaired) electrons. The van der Waals surface area contributed by atoms with Gasteiger partial charge in [-0.2, -0.15) is 18.3 Å². The maximum atomic E-state index is 12.9. The highest BCUT2D eigenvalue weighted by atomic mass is 19.4. The van der Waals surface area contributed by atoms with Gasteiger partial charge in [0.1, 0.15) is 5.92 Å². The number of hydrogen-bond acceptors (Lipinski definition) is 3. The lowest BCUT2D eigenvalue weighted by molar-refractivity contribution is -0.159. The van der Waals surface area contributed by atoms with E-state index in [0.717, 1.165) is 5.56 Å². The number of rotatable bonds is 4. The summed E-state index contributed by atoms with van der Waals surface area (Å²) < 4.78 is 39.8. The lowest BCUT2D eigenvalue weighted by Gasteiger charge is -2.19. The summed E-state index contributed by atoms with van der Waals surface area (Å²) in [4.78, 5) is 0. The van der Waals surface area contributed by atoms with Crippen LogP contribution in [0.3, 0.4) is 0 Å². The van der Waals surface area contributed by atoms with Gasteiger partial charge in [0.15, 0.2) is 5.84 Å². The number of aryl methyl sites for hydroxylation is 1. The molecule has 108 valence electrons. The molecule has 0 saturated carbocycles. The summed E-state index contributed by atoms with van der Waals surface area (Å²) in [7, 11) is 0. The number of aromatic nitrogens is 2. The molecule has 1 aromatic rings. The van der Waals surface area contributed by atoms with Crippen LogP contribution in [-0.2, 0) is 13.0 Å². The molecule has 1 aromatic heterocycles. The van der Waals surface area contributed by atoms with Gasteiger partial charge in [-0.3, -0.25) is 4.68 Å². The quantitative estimate of drug-likeness (QED) is 0.383. The van der Waals surface area contributed by atoms with E-state index >= 15 is 0 Å². The Morgan fingerprint density at radius 3 is 2.42 bits per heavy atom. The summed E-state index contributed by atoms with van der Waals surface area (Å²) in [5.74, 6) is -2.92.